The van der Waals surface area contributed by atoms with Gasteiger partial charge in [-0.05, 0) is 12.1 Å². The molecule has 0 aromatic heterocycles. The Hall–Kier alpha value is -1.84. The number of aliphatic carboxylic acids is 1. The number of ether oxygens (including phenoxy) is 1. The van der Waals surface area contributed by atoms with E-state index in [4.69, 9.17) is 9.84 Å². The first-order valence-electron chi connectivity index (χ1n) is 4.05. The normalized spacial score (nSPS) is 13.9. The molecule has 1 aliphatic heterocycles. The summed E-state index contributed by atoms with van der Waals surface area (Å²) in [5, 5.41) is 8.83. The summed E-state index contributed by atoms with van der Waals surface area (Å²) in [6.07, 6.45) is 1.42. The fraction of sp³-hybridized carbons (Fsp3) is 0.100. The fourth-order valence-corrected chi connectivity index (χ4v) is 1.39. The van der Waals surface area contributed by atoms with E-state index in [0.29, 0.717) is 5.56 Å². The summed E-state index contributed by atoms with van der Waals surface area (Å²) < 4.78 is 18.2. The van der Waals surface area contributed by atoms with Gasteiger partial charge in [-0.3, -0.25) is 0 Å². The van der Waals surface area contributed by atoms with Crippen molar-refractivity contribution in [1.82, 2.24) is 0 Å². The molecule has 72 valence electrons. The molecule has 0 bridgehead atoms. The van der Waals surface area contributed by atoms with Gasteiger partial charge in [0.1, 0.15) is 6.61 Å². The molecule has 1 aromatic rings. The van der Waals surface area contributed by atoms with Crippen molar-refractivity contribution in [2.75, 3.05) is 6.61 Å². The number of carboxylic acids is 1. The summed E-state index contributed by atoms with van der Waals surface area (Å²) in [6, 6.07) is 4.22. The minimum Gasteiger partial charge on any atom is -0.486 e. The number of benzene rings is 1. The zero-order chi connectivity index (χ0) is 10.1. The fourth-order valence-electron chi connectivity index (χ4n) is 1.39. The van der Waals surface area contributed by atoms with Crippen LogP contribution < -0.4 is 4.74 Å². The van der Waals surface area contributed by atoms with Gasteiger partial charge in [0.25, 0.3) is 0 Å². The quantitative estimate of drug-likeness (QED) is 0.739. The van der Waals surface area contributed by atoms with Crippen LogP contribution in [0.1, 0.15) is 5.56 Å². The second-order valence-electron chi connectivity index (χ2n) is 2.85. The average molecular weight is 194 g/mol. The van der Waals surface area contributed by atoms with E-state index in [2.05, 4.69) is 0 Å². The largest absolute Gasteiger partial charge is 0.486 e. The van der Waals surface area contributed by atoms with Gasteiger partial charge in [-0.15, -0.1) is 0 Å². The first kappa shape index (κ1) is 8.74. The number of hydrogen-bond acceptors (Lipinski definition) is 2. The molecule has 0 saturated carbocycles. The van der Waals surface area contributed by atoms with Crippen LogP contribution in [-0.4, -0.2) is 17.7 Å². The lowest BCUT2D eigenvalue weighted by atomic mass is 10.0. The Bertz CT molecular complexity index is 423. The molecule has 0 atom stereocenters. The van der Waals surface area contributed by atoms with E-state index in [1.54, 1.807) is 0 Å². The number of halogens is 1. The Morgan fingerprint density at radius 2 is 2.29 bits per heavy atom. The highest BCUT2D eigenvalue weighted by molar-refractivity contribution is 6.16. The number of fused-ring (bicyclic) bond motifs is 1. The third kappa shape index (κ3) is 1.25. The molecule has 1 aromatic carbocycles. The second kappa shape index (κ2) is 3.14. The van der Waals surface area contributed by atoms with Crippen LogP contribution in [-0.2, 0) is 4.79 Å². The van der Waals surface area contributed by atoms with Crippen LogP contribution in [0.4, 0.5) is 4.39 Å². The van der Waals surface area contributed by atoms with Crippen LogP contribution in [0.15, 0.2) is 24.3 Å². The molecule has 1 heterocycles. The molecule has 4 heteroatoms. The first-order chi connectivity index (χ1) is 6.70. The monoisotopic (exact) mass is 194 g/mol. The molecule has 0 fully saturated rings. The van der Waals surface area contributed by atoms with Gasteiger partial charge in [0.2, 0.25) is 0 Å². The zero-order valence-corrected chi connectivity index (χ0v) is 7.16. The van der Waals surface area contributed by atoms with Gasteiger partial charge in [0.15, 0.2) is 11.6 Å². The molecule has 3 nitrogen and oxygen atoms in total. The van der Waals surface area contributed by atoms with E-state index in [1.807, 2.05) is 0 Å². The van der Waals surface area contributed by atoms with Crippen molar-refractivity contribution in [3.05, 3.63) is 35.7 Å². The Kier molecular flexibility index (Phi) is 1.96. The summed E-state index contributed by atoms with van der Waals surface area (Å²) in [5.74, 6) is -1.58. The molecular weight excluding hydrogens is 187 g/mol. The zero-order valence-electron chi connectivity index (χ0n) is 7.16. The van der Waals surface area contributed by atoms with Gasteiger partial charge in [-0.1, -0.05) is 12.1 Å². The molecule has 0 aliphatic carbocycles. The van der Waals surface area contributed by atoms with Crippen molar-refractivity contribution in [2.45, 2.75) is 0 Å². The highest BCUT2D eigenvalue weighted by Crippen LogP contribution is 2.31. The summed E-state index contributed by atoms with van der Waals surface area (Å²) in [4.78, 5) is 10.8. The predicted octanol–water partition coefficient (Wildman–Crippen LogP) is 1.69. The van der Waals surface area contributed by atoms with Gasteiger partial charge in [-0.2, -0.15) is 0 Å². The van der Waals surface area contributed by atoms with Crippen LogP contribution in [0.2, 0.25) is 0 Å². The van der Waals surface area contributed by atoms with E-state index >= 15 is 0 Å². The molecule has 0 unspecified atom stereocenters. The number of carbonyl (C=O) groups is 1. The standard InChI is InChI=1S/C10H7FO3/c11-8-3-1-2-6-7(10(12)13)4-5-14-9(6)8/h1-4H,5H2,(H,12,13). The Morgan fingerprint density at radius 3 is 3.00 bits per heavy atom. The number of carboxylic acid groups (broad SMARTS) is 1. The van der Waals surface area contributed by atoms with Crippen molar-refractivity contribution < 1.29 is 19.0 Å². The van der Waals surface area contributed by atoms with Crippen LogP contribution in [0.3, 0.4) is 0 Å². The maximum Gasteiger partial charge on any atom is 0.336 e. The minimum atomic E-state index is -1.07. The SMILES string of the molecule is O=C(O)C1=CCOc2c(F)cccc21. The molecule has 1 N–H and O–H groups in total. The summed E-state index contributed by atoms with van der Waals surface area (Å²) in [7, 11) is 0. The molecule has 0 saturated heterocycles. The van der Waals surface area contributed by atoms with Crippen molar-refractivity contribution >= 4 is 11.5 Å². The molecular formula is C10H7FO3. The van der Waals surface area contributed by atoms with Crippen LogP contribution in [0.25, 0.3) is 5.57 Å². The average Bonchev–Trinajstić information content (AvgIpc) is 2.17. The third-order valence-corrected chi connectivity index (χ3v) is 2.00. The number of hydrogen-bond donors (Lipinski definition) is 1. The van der Waals surface area contributed by atoms with Crippen LogP contribution in [0, 0.1) is 5.82 Å². The Labute approximate surface area is 79.4 Å². The highest BCUT2D eigenvalue weighted by Gasteiger charge is 2.21. The van der Waals surface area contributed by atoms with Crippen molar-refractivity contribution in [3.63, 3.8) is 0 Å². The maximum atomic E-state index is 13.2. The lowest BCUT2D eigenvalue weighted by molar-refractivity contribution is -0.130. The van der Waals surface area contributed by atoms with Gasteiger partial charge in [0, 0.05) is 5.56 Å². The van der Waals surface area contributed by atoms with E-state index in [1.165, 1.54) is 24.3 Å². The van der Waals surface area contributed by atoms with E-state index in [0.717, 1.165) is 0 Å². The molecule has 2 rings (SSSR count). The number of para-hydroxylation sites is 1. The minimum absolute atomic E-state index is 0.0207. The smallest absolute Gasteiger partial charge is 0.336 e. The highest BCUT2D eigenvalue weighted by atomic mass is 19.1. The maximum absolute atomic E-state index is 13.2. The number of rotatable bonds is 1. The van der Waals surface area contributed by atoms with Gasteiger partial charge >= 0.3 is 5.97 Å². The van der Waals surface area contributed by atoms with E-state index in [9.17, 15) is 9.18 Å². The van der Waals surface area contributed by atoms with Gasteiger partial charge in [-0.25, -0.2) is 9.18 Å². The van der Waals surface area contributed by atoms with Crippen molar-refractivity contribution in [2.24, 2.45) is 0 Å². The summed E-state index contributed by atoms with van der Waals surface area (Å²) in [5.41, 5.74) is 0.384. The Balaban J connectivity index is 2.59. The second-order valence-corrected chi connectivity index (χ2v) is 2.85. The molecule has 0 spiro atoms. The van der Waals surface area contributed by atoms with Gasteiger partial charge in [0.05, 0.1) is 5.57 Å². The van der Waals surface area contributed by atoms with E-state index in [-0.39, 0.29) is 17.9 Å². The Morgan fingerprint density at radius 1 is 1.50 bits per heavy atom. The molecule has 14 heavy (non-hydrogen) atoms. The van der Waals surface area contributed by atoms with Crippen LogP contribution >= 0.6 is 0 Å². The van der Waals surface area contributed by atoms with Crippen molar-refractivity contribution in [1.29, 1.82) is 0 Å². The lowest BCUT2D eigenvalue weighted by Crippen LogP contribution is -2.11. The topological polar surface area (TPSA) is 46.5 Å². The molecule has 0 radical (unpaired) electrons. The molecule has 0 amide bonds. The summed E-state index contributed by atoms with van der Waals surface area (Å²) in [6.45, 7) is 0.0928. The lowest BCUT2D eigenvalue weighted by Gasteiger charge is -2.16. The molecule has 1 aliphatic rings. The predicted molar refractivity (Wildman–Crippen MR) is 47.5 cm³/mol. The van der Waals surface area contributed by atoms with E-state index < -0.39 is 11.8 Å². The van der Waals surface area contributed by atoms with Crippen LogP contribution in [0.5, 0.6) is 5.75 Å². The first-order valence-corrected chi connectivity index (χ1v) is 4.05. The van der Waals surface area contributed by atoms with Crippen molar-refractivity contribution in [3.8, 4) is 5.75 Å². The third-order valence-electron chi connectivity index (χ3n) is 2.00. The van der Waals surface area contributed by atoms with Gasteiger partial charge < -0.3 is 9.84 Å². The summed E-state index contributed by atoms with van der Waals surface area (Å²) >= 11 is 0.